The van der Waals surface area contributed by atoms with Gasteiger partial charge in [-0.25, -0.2) is 0 Å². The number of hydrogen-bond donors (Lipinski definition) is 0. The van der Waals surface area contributed by atoms with Crippen molar-refractivity contribution in [2.24, 2.45) is 0 Å². The second kappa shape index (κ2) is 12.1. The van der Waals surface area contributed by atoms with E-state index >= 15 is 0 Å². The highest BCUT2D eigenvalue weighted by Crippen LogP contribution is 2.49. The van der Waals surface area contributed by atoms with Crippen LogP contribution in [0.5, 0.6) is 17.2 Å². The quantitative estimate of drug-likeness (QED) is 0.297. The molecule has 2 heterocycles. The van der Waals surface area contributed by atoms with Gasteiger partial charge in [0.15, 0.2) is 5.78 Å². The minimum absolute atomic E-state index is 0.0198. The standard InChI is InChI=1S/C30H40N2O4/c1-2-18-35-27-22-23(34-19-8-16-31-12-3-4-13-31)21-25-29(27)28-24(30(25)33)10-7-11-26(28)36-20-9-17-32-14-5-6-15-32/h7,10-11,21-22H,2-6,8-9,12-20H2,1H3. The third kappa shape index (κ3) is 5.70. The molecule has 0 N–H and O–H groups in total. The van der Waals surface area contributed by atoms with Gasteiger partial charge in [-0.05, 0) is 83.3 Å². The topological polar surface area (TPSA) is 51.2 Å². The largest absolute Gasteiger partial charge is 0.493 e. The molecule has 6 heteroatoms. The lowest BCUT2D eigenvalue weighted by molar-refractivity contribution is 0.104. The van der Waals surface area contributed by atoms with Crippen molar-refractivity contribution in [1.29, 1.82) is 0 Å². The Kier molecular flexibility index (Phi) is 8.44. The monoisotopic (exact) mass is 492 g/mol. The maximum atomic E-state index is 13.4. The number of likely N-dealkylation sites (tertiary alicyclic amines) is 2. The highest BCUT2D eigenvalue weighted by Gasteiger charge is 2.33. The molecule has 2 saturated heterocycles. The smallest absolute Gasteiger partial charge is 0.194 e. The molecule has 0 bridgehead atoms. The van der Waals surface area contributed by atoms with Gasteiger partial charge in [0.25, 0.3) is 0 Å². The van der Waals surface area contributed by atoms with Gasteiger partial charge in [0, 0.05) is 41.4 Å². The molecule has 0 atom stereocenters. The van der Waals surface area contributed by atoms with E-state index in [2.05, 4.69) is 16.7 Å². The molecule has 36 heavy (non-hydrogen) atoms. The lowest BCUT2D eigenvalue weighted by atomic mass is 10.0. The Balaban J connectivity index is 1.31. The summed E-state index contributed by atoms with van der Waals surface area (Å²) < 4.78 is 18.6. The van der Waals surface area contributed by atoms with Crippen molar-refractivity contribution in [3.8, 4) is 28.4 Å². The van der Waals surface area contributed by atoms with Gasteiger partial charge in [-0.15, -0.1) is 0 Å². The van der Waals surface area contributed by atoms with Crippen molar-refractivity contribution in [3.63, 3.8) is 0 Å². The summed E-state index contributed by atoms with van der Waals surface area (Å²) in [5.74, 6) is 2.20. The summed E-state index contributed by atoms with van der Waals surface area (Å²) in [6, 6.07) is 9.64. The Hall–Kier alpha value is -2.57. The Morgan fingerprint density at radius 2 is 1.33 bits per heavy atom. The first-order valence-electron chi connectivity index (χ1n) is 13.9. The van der Waals surface area contributed by atoms with Crippen LogP contribution < -0.4 is 14.2 Å². The number of fused-ring (bicyclic) bond motifs is 3. The number of ether oxygens (including phenoxy) is 3. The van der Waals surface area contributed by atoms with Crippen LogP contribution in [-0.4, -0.2) is 74.7 Å². The highest BCUT2D eigenvalue weighted by atomic mass is 16.5. The van der Waals surface area contributed by atoms with Crippen molar-refractivity contribution >= 4 is 5.78 Å². The highest BCUT2D eigenvalue weighted by molar-refractivity contribution is 6.23. The van der Waals surface area contributed by atoms with E-state index < -0.39 is 0 Å². The van der Waals surface area contributed by atoms with Crippen LogP contribution in [0.2, 0.25) is 0 Å². The summed E-state index contributed by atoms with van der Waals surface area (Å²) in [5.41, 5.74) is 3.06. The SMILES string of the molecule is CCCOc1cc(OCCCN2CCCC2)cc2c1-c1c(OCCCN3CCCC3)cccc1C2=O. The van der Waals surface area contributed by atoms with Crippen LogP contribution in [0.4, 0.5) is 0 Å². The van der Waals surface area contributed by atoms with Crippen LogP contribution in [0.15, 0.2) is 30.3 Å². The molecule has 6 nitrogen and oxygen atoms in total. The third-order valence-corrected chi connectivity index (χ3v) is 7.46. The molecule has 2 aliphatic heterocycles. The Morgan fingerprint density at radius 1 is 0.722 bits per heavy atom. The van der Waals surface area contributed by atoms with Crippen LogP contribution in [0, 0.1) is 0 Å². The molecule has 0 radical (unpaired) electrons. The summed E-state index contributed by atoms with van der Waals surface area (Å²) in [6.45, 7) is 10.9. The van der Waals surface area contributed by atoms with Gasteiger partial charge < -0.3 is 24.0 Å². The van der Waals surface area contributed by atoms with E-state index in [1.54, 1.807) is 0 Å². The maximum absolute atomic E-state index is 13.4. The van der Waals surface area contributed by atoms with E-state index in [4.69, 9.17) is 14.2 Å². The molecule has 1 aliphatic carbocycles. The Labute approximate surface area is 215 Å². The fourth-order valence-electron chi connectivity index (χ4n) is 5.64. The van der Waals surface area contributed by atoms with E-state index in [1.165, 1.54) is 51.9 Å². The van der Waals surface area contributed by atoms with Gasteiger partial charge in [-0.2, -0.15) is 0 Å². The summed E-state index contributed by atoms with van der Waals surface area (Å²) in [6.07, 6.45) is 8.06. The summed E-state index contributed by atoms with van der Waals surface area (Å²) in [7, 11) is 0. The van der Waals surface area contributed by atoms with Crippen molar-refractivity contribution in [3.05, 3.63) is 41.5 Å². The first-order valence-corrected chi connectivity index (χ1v) is 13.9. The van der Waals surface area contributed by atoms with E-state index in [0.717, 1.165) is 49.2 Å². The zero-order chi connectivity index (χ0) is 24.7. The third-order valence-electron chi connectivity index (χ3n) is 7.46. The average molecular weight is 493 g/mol. The Morgan fingerprint density at radius 3 is 2.00 bits per heavy atom. The fourth-order valence-corrected chi connectivity index (χ4v) is 5.64. The molecule has 2 aromatic rings. The lowest BCUT2D eigenvalue weighted by Gasteiger charge is -2.18. The number of hydrogen-bond acceptors (Lipinski definition) is 6. The minimum Gasteiger partial charge on any atom is -0.493 e. The molecule has 5 rings (SSSR count). The first-order chi connectivity index (χ1) is 17.7. The minimum atomic E-state index is 0.0198. The van der Waals surface area contributed by atoms with Crippen molar-refractivity contribution < 1.29 is 19.0 Å². The predicted octanol–water partition coefficient (Wildman–Crippen LogP) is 5.42. The normalized spacial score (nSPS) is 17.4. The molecule has 2 aromatic carbocycles. The van der Waals surface area contributed by atoms with E-state index in [0.29, 0.717) is 42.4 Å². The second-order valence-electron chi connectivity index (χ2n) is 10.2. The molecule has 2 fully saturated rings. The molecule has 0 aromatic heterocycles. The average Bonchev–Trinajstić information content (AvgIpc) is 3.66. The number of carbonyl (C=O) groups excluding carboxylic acids is 1. The lowest BCUT2D eigenvalue weighted by Crippen LogP contribution is -2.22. The van der Waals surface area contributed by atoms with E-state index in [9.17, 15) is 4.79 Å². The zero-order valence-electron chi connectivity index (χ0n) is 21.7. The molecular formula is C30H40N2O4. The second-order valence-corrected chi connectivity index (χ2v) is 10.2. The molecule has 194 valence electrons. The Bertz CT molecular complexity index is 1040. The van der Waals surface area contributed by atoms with Gasteiger partial charge in [-0.1, -0.05) is 19.1 Å². The van der Waals surface area contributed by atoms with Crippen LogP contribution in [0.3, 0.4) is 0 Å². The molecule has 0 spiro atoms. The van der Waals surface area contributed by atoms with Crippen molar-refractivity contribution in [2.45, 2.75) is 51.9 Å². The van der Waals surface area contributed by atoms with Gasteiger partial charge >= 0.3 is 0 Å². The molecule has 0 saturated carbocycles. The van der Waals surface area contributed by atoms with Gasteiger partial charge in [0.2, 0.25) is 0 Å². The van der Waals surface area contributed by atoms with Crippen LogP contribution >= 0.6 is 0 Å². The summed E-state index contributed by atoms with van der Waals surface area (Å²) in [4.78, 5) is 18.4. The number of ketones is 1. The summed E-state index contributed by atoms with van der Waals surface area (Å²) in [5, 5.41) is 0. The number of nitrogens with zero attached hydrogens (tertiary/aromatic N) is 2. The fraction of sp³-hybridized carbons (Fsp3) is 0.567. The number of carbonyl (C=O) groups is 1. The van der Waals surface area contributed by atoms with Gasteiger partial charge in [-0.3, -0.25) is 4.79 Å². The van der Waals surface area contributed by atoms with Crippen LogP contribution in [-0.2, 0) is 0 Å². The molecule has 0 amide bonds. The molecule has 3 aliphatic rings. The molecule has 0 unspecified atom stereocenters. The van der Waals surface area contributed by atoms with Crippen LogP contribution in [0.25, 0.3) is 11.1 Å². The van der Waals surface area contributed by atoms with Crippen molar-refractivity contribution in [2.75, 3.05) is 59.1 Å². The van der Waals surface area contributed by atoms with E-state index in [1.807, 2.05) is 30.3 Å². The molecular weight excluding hydrogens is 452 g/mol. The number of benzene rings is 2. The van der Waals surface area contributed by atoms with Crippen LogP contribution in [0.1, 0.15) is 67.8 Å². The van der Waals surface area contributed by atoms with Gasteiger partial charge in [0.1, 0.15) is 17.2 Å². The van der Waals surface area contributed by atoms with Gasteiger partial charge in [0.05, 0.1) is 19.8 Å². The summed E-state index contributed by atoms with van der Waals surface area (Å²) >= 11 is 0. The van der Waals surface area contributed by atoms with E-state index in [-0.39, 0.29) is 5.78 Å². The maximum Gasteiger partial charge on any atom is 0.194 e. The zero-order valence-corrected chi connectivity index (χ0v) is 21.7. The predicted molar refractivity (Wildman–Crippen MR) is 143 cm³/mol. The van der Waals surface area contributed by atoms with Crippen molar-refractivity contribution in [1.82, 2.24) is 9.80 Å². The number of rotatable bonds is 13. The first kappa shape index (κ1) is 25.1.